The first-order valence-corrected chi connectivity index (χ1v) is 17.5. The lowest BCUT2D eigenvalue weighted by molar-refractivity contribution is -0.335. The minimum Gasteiger partial charge on any atom is -0.394 e. The average Bonchev–Trinajstić information content (AvgIpc) is 3.32. The molecule has 16 unspecified atom stereocenters. The van der Waals surface area contributed by atoms with E-state index in [1.165, 1.54) is 0 Å². The number of aliphatic hydroxyl groups excluding tert-OH is 7. The highest BCUT2D eigenvalue weighted by atomic mass is 16.7. The van der Waals surface area contributed by atoms with Crippen LogP contribution in [0.3, 0.4) is 0 Å². The lowest BCUT2D eigenvalue weighted by Crippen LogP contribution is -2.70. The molecule has 0 aromatic carbocycles. The summed E-state index contributed by atoms with van der Waals surface area (Å²) in [5, 5.41) is 87.4. The number of hydrogen-bond donors (Lipinski definition) is 8. The van der Waals surface area contributed by atoms with Gasteiger partial charge in [0.25, 0.3) is 0 Å². The van der Waals surface area contributed by atoms with Crippen LogP contribution in [0.1, 0.15) is 100 Å². The first-order chi connectivity index (χ1) is 21.1. The molecule has 5 rings (SSSR count). The van der Waals surface area contributed by atoms with Crippen LogP contribution in [0.4, 0.5) is 0 Å². The van der Waals surface area contributed by atoms with E-state index in [1.54, 1.807) is 19.9 Å². The van der Waals surface area contributed by atoms with Crippen molar-refractivity contribution in [1.82, 2.24) is 0 Å². The van der Waals surface area contributed by atoms with Gasteiger partial charge in [-0.05, 0) is 111 Å². The maximum atomic E-state index is 12.2. The first kappa shape index (κ1) is 36.6. The van der Waals surface area contributed by atoms with Crippen molar-refractivity contribution < 1.29 is 50.3 Å². The molecule has 10 nitrogen and oxygen atoms in total. The van der Waals surface area contributed by atoms with Crippen LogP contribution in [-0.4, -0.2) is 108 Å². The Bertz CT molecular complexity index is 1140. The summed E-state index contributed by atoms with van der Waals surface area (Å²) in [6.07, 6.45) is -1.00. The first-order valence-electron chi connectivity index (χ1n) is 17.5. The molecule has 5 aliphatic rings. The Kier molecular flexibility index (Phi) is 9.55. The van der Waals surface area contributed by atoms with Gasteiger partial charge in [-0.25, -0.2) is 0 Å². The molecule has 1 heterocycles. The molecule has 10 heteroatoms. The Balaban J connectivity index is 1.52. The minimum atomic E-state index is -1.59. The number of hydrogen-bond acceptors (Lipinski definition) is 10. The van der Waals surface area contributed by atoms with Crippen molar-refractivity contribution in [3.05, 3.63) is 12.2 Å². The SMILES string of the molecule is CC(C)(O)C=CCC(C)(OC1OC(CO)C(O)C(O)C1O)C1CCC2(C)C1C(O)CC1C3(C)CCC(O)C(C)(C)C3C(O)CC12C. The van der Waals surface area contributed by atoms with Crippen LogP contribution < -0.4 is 0 Å². The van der Waals surface area contributed by atoms with E-state index in [-0.39, 0.29) is 39.9 Å². The van der Waals surface area contributed by atoms with E-state index in [1.807, 2.05) is 13.0 Å². The van der Waals surface area contributed by atoms with E-state index in [0.717, 1.165) is 12.8 Å². The van der Waals surface area contributed by atoms with Crippen LogP contribution in [0.25, 0.3) is 0 Å². The van der Waals surface area contributed by atoms with Gasteiger partial charge in [0.05, 0.1) is 36.1 Å². The van der Waals surface area contributed by atoms with E-state index in [2.05, 4.69) is 34.6 Å². The molecule has 0 aromatic rings. The zero-order chi connectivity index (χ0) is 34.4. The zero-order valence-electron chi connectivity index (χ0n) is 29.1. The Morgan fingerprint density at radius 1 is 0.848 bits per heavy atom. The number of fused-ring (bicyclic) bond motifs is 5. The van der Waals surface area contributed by atoms with Gasteiger partial charge in [-0.3, -0.25) is 0 Å². The summed E-state index contributed by atoms with van der Waals surface area (Å²) in [6, 6.07) is 0. The second-order valence-electron chi connectivity index (χ2n) is 17.9. The van der Waals surface area contributed by atoms with Crippen molar-refractivity contribution in [2.45, 2.75) is 161 Å². The fraction of sp³-hybridized carbons (Fsp3) is 0.944. The van der Waals surface area contributed by atoms with E-state index in [4.69, 9.17) is 9.47 Å². The summed E-state index contributed by atoms with van der Waals surface area (Å²) in [7, 11) is 0. The monoisotopic (exact) mass is 654 g/mol. The second-order valence-corrected chi connectivity index (χ2v) is 17.9. The Morgan fingerprint density at radius 3 is 2.11 bits per heavy atom. The molecule has 4 saturated carbocycles. The van der Waals surface area contributed by atoms with Crippen molar-refractivity contribution in [3.63, 3.8) is 0 Å². The quantitative estimate of drug-likeness (QED) is 0.190. The summed E-state index contributed by atoms with van der Waals surface area (Å²) in [5.41, 5.74) is -3.55. The van der Waals surface area contributed by atoms with Gasteiger partial charge in [-0.1, -0.05) is 46.8 Å². The molecular weight excluding hydrogens is 592 g/mol. The van der Waals surface area contributed by atoms with Crippen LogP contribution in [0.15, 0.2) is 12.2 Å². The van der Waals surface area contributed by atoms with Crippen LogP contribution >= 0.6 is 0 Å². The maximum Gasteiger partial charge on any atom is 0.187 e. The number of rotatable bonds is 7. The van der Waals surface area contributed by atoms with Gasteiger partial charge in [0, 0.05) is 0 Å². The topological polar surface area (TPSA) is 180 Å². The molecule has 0 aromatic heterocycles. The third kappa shape index (κ3) is 5.55. The van der Waals surface area contributed by atoms with Crippen molar-refractivity contribution in [2.24, 2.45) is 45.3 Å². The summed E-state index contributed by atoms with van der Waals surface area (Å²) in [6.45, 7) is 15.7. The van der Waals surface area contributed by atoms with Crippen molar-refractivity contribution >= 4 is 0 Å². The number of aliphatic hydroxyl groups is 8. The number of ether oxygens (including phenoxy) is 2. The molecular formula is C36H62O10. The highest BCUT2D eigenvalue weighted by Gasteiger charge is 2.73. The minimum absolute atomic E-state index is 0.0989. The zero-order valence-corrected chi connectivity index (χ0v) is 29.1. The predicted molar refractivity (Wildman–Crippen MR) is 171 cm³/mol. The largest absolute Gasteiger partial charge is 0.394 e. The normalized spacial score (nSPS) is 52.1. The van der Waals surface area contributed by atoms with Gasteiger partial charge in [-0.15, -0.1) is 0 Å². The molecule has 1 saturated heterocycles. The van der Waals surface area contributed by atoms with Gasteiger partial charge in [-0.2, -0.15) is 0 Å². The van der Waals surface area contributed by atoms with Crippen molar-refractivity contribution in [2.75, 3.05) is 6.61 Å². The standard InChI is InChI=1S/C36H62O10/c1-31(2,44)12-9-13-36(8,46-30-28(43)27(42)26(41)22(18-37)45-30)19-10-15-34(6)25(19)20(38)16-23-33(5)14-11-24(40)32(3,4)29(33)21(39)17-35(23,34)7/h9,12,19-30,37-44H,10-11,13-18H2,1-8H3. The van der Waals surface area contributed by atoms with Gasteiger partial charge in [0.2, 0.25) is 0 Å². The molecule has 5 fully saturated rings. The molecule has 16 atom stereocenters. The van der Waals surface area contributed by atoms with E-state index >= 15 is 0 Å². The van der Waals surface area contributed by atoms with Crippen LogP contribution in [0.5, 0.6) is 0 Å². The summed E-state index contributed by atoms with van der Waals surface area (Å²) in [4.78, 5) is 0. The summed E-state index contributed by atoms with van der Waals surface area (Å²) >= 11 is 0. The Labute approximate surface area is 274 Å². The molecule has 0 radical (unpaired) electrons. The van der Waals surface area contributed by atoms with E-state index in [9.17, 15) is 40.9 Å². The van der Waals surface area contributed by atoms with Gasteiger partial charge in [0.1, 0.15) is 24.4 Å². The molecule has 0 amide bonds. The fourth-order valence-corrected chi connectivity index (χ4v) is 11.9. The lowest BCUT2D eigenvalue weighted by atomic mass is 9.34. The van der Waals surface area contributed by atoms with Crippen molar-refractivity contribution in [3.8, 4) is 0 Å². The van der Waals surface area contributed by atoms with E-state index < -0.39 is 72.2 Å². The second kappa shape index (κ2) is 12.0. The highest BCUT2D eigenvalue weighted by Crippen LogP contribution is 2.76. The molecule has 0 spiro atoms. The Morgan fingerprint density at radius 2 is 1.50 bits per heavy atom. The summed E-state index contributed by atoms with van der Waals surface area (Å²) < 4.78 is 12.5. The Hall–Kier alpha value is -0.660. The van der Waals surface area contributed by atoms with Gasteiger partial charge < -0.3 is 50.3 Å². The maximum absolute atomic E-state index is 12.2. The smallest absolute Gasteiger partial charge is 0.187 e. The third-order valence-electron chi connectivity index (χ3n) is 14.3. The van der Waals surface area contributed by atoms with E-state index in [0.29, 0.717) is 32.1 Å². The lowest BCUT2D eigenvalue weighted by Gasteiger charge is -2.71. The molecule has 4 aliphatic carbocycles. The molecule has 0 bridgehead atoms. The summed E-state index contributed by atoms with van der Waals surface area (Å²) in [5.74, 6) is -0.425. The molecule has 46 heavy (non-hydrogen) atoms. The molecule has 1 aliphatic heterocycles. The van der Waals surface area contributed by atoms with Gasteiger partial charge >= 0.3 is 0 Å². The molecule has 8 N–H and O–H groups in total. The third-order valence-corrected chi connectivity index (χ3v) is 14.3. The van der Waals surface area contributed by atoms with Crippen LogP contribution in [0, 0.1) is 45.3 Å². The fourth-order valence-electron chi connectivity index (χ4n) is 11.9. The van der Waals surface area contributed by atoms with Crippen LogP contribution in [0.2, 0.25) is 0 Å². The average molecular weight is 655 g/mol. The van der Waals surface area contributed by atoms with Crippen LogP contribution in [-0.2, 0) is 9.47 Å². The predicted octanol–water partition coefficient (Wildman–Crippen LogP) is 2.27. The van der Waals surface area contributed by atoms with Gasteiger partial charge in [0.15, 0.2) is 6.29 Å². The highest BCUT2D eigenvalue weighted by molar-refractivity contribution is 5.22. The molecule has 266 valence electrons. The van der Waals surface area contributed by atoms with Crippen molar-refractivity contribution in [1.29, 1.82) is 0 Å².